The molecule has 0 radical (unpaired) electrons. The molecule has 0 unspecified atom stereocenters. The van der Waals surface area contributed by atoms with E-state index >= 15 is 0 Å². The molecule has 1 aliphatic rings. The first kappa shape index (κ1) is 23.2. The summed E-state index contributed by atoms with van der Waals surface area (Å²) < 4.78 is 29.1. The highest BCUT2D eigenvalue weighted by molar-refractivity contribution is 5.63. The third-order valence-corrected chi connectivity index (χ3v) is 3.67. The first-order valence-electron chi connectivity index (χ1n) is 8.37. The lowest BCUT2D eigenvalue weighted by atomic mass is 10.1. The Kier molecular flexibility index (Phi) is 9.19. The largest absolute Gasteiger partial charge is 0.481 e. The molecule has 0 bridgehead atoms. The normalized spacial score (nSPS) is 17.8. The van der Waals surface area contributed by atoms with E-state index in [1.165, 1.54) is 12.1 Å². The number of carboxylic acids is 2. The number of carboxylic acid groups (broad SMARTS) is 2. The number of hydrogen-bond donors (Lipinski definition) is 4. The van der Waals surface area contributed by atoms with Crippen LogP contribution >= 0.6 is 0 Å². The van der Waals surface area contributed by atoms with Crippen LogP contribution in [0.15, 0.2) is 30.6 Å². The zero-order chi connectivity index (χ0) is 21.3. The number of benzene rings is 1. The Balaban J connectivity index is 0.000000420. The predicted octanol–water partition coefficient (Wildman–Crippen LogP) is 1.91. The van der Waals surface area contributed by atoms with Gasteiger partial charge < -0.3 is 25.2 Å². The van der Waals surface area contributed by atoms with Crippen molar-refractivity contribution in [3.63, 3.8) is 0 Å². The molecule has 28 heavy (non-hydrogen) atoms. The van der Waals surface area contributed by atoms with E-state index in [9.17, 15) is 8.78 Å². The maximum absolute atomic E-state index is 13.9. The Morgan fingerprint density at radius 2 is 1.86 bits per heavy atom. The van der Waals surface area contributed by atoms with Gasteiger partial charge in [-0.3, -0.25) is 9.59 Å². The average Bonchev–Trinajstić information content (AvgIpc) is 3.24. The van der Waals surface area contributed by atoms with E-state index in [4.69, 9.17) is 24.9 Å². The molecule has 0 spiro atoms. The van der Waals surface area contributed by atoms with Gasteiger partial charge in [-0.1, -0.05) is 6.07 Å². The van der Waals surface area contributed by atoms with Crippen LogP contribution in [0, 0.1) is 11.6 Å². The number of carbonyl (C=O) groups is 2. The second-order valence-corrected chi connectivity index (χ2v) is 5.97. The molecule has 1 fully saturated rings. The minimum atomic E-state index is -0.885. The van der Waals surface area contributed by atoms with Crippen molar-refractivity contribution in [2.75, 3.05) is 13.2 Å². The summed E-state index contributed by atoms with van der Waals surface area (Å²) in [5, 5.41) is 27.2. The molecular weight excluding hydrogens is 376 g/mol. The minimum absolute atomic E-state index is 0.0348. The summed E-state index contributed by atoms with van der Waals surface area (Å²) in [6.45, 7) is 2.90. The molecule has 2 atom stereocenters. The van der Waals surface area contributed by atoms with Gasteiger partial charge in [0, 0.05) is 44.9 Å². The molecule has 0 amide bonds. The standard InChI is InChI=1S/C14H15F2N3O.2C2H4O2/c15-12-3-1-2-11(13(12)16)14-17-4-5-19(14)10-6-9(8-20)18-7-10;2*1-2(3)4/h1-5,9-10,18,20H,6-8H2;2*1H3,(H,3,4)/t9-,10-;;/m0../s1. The number of aliphatic hydroxyl groups excluding tert-OH is 1. The summed E-state index contributed by atoms with van der Waals surface area (Å²) in [6.07, 6.45) is 4.06. The third-order valence-electron chi connectivity index (χ3n) is 3.67. The molecule has 3 rings (SSSR count). The van der Waals surface area contributed by atoms with Crippen molar-refractivity contribution in [2.24, 2.45) is 0 Å². The average molecular weight is 399 g/mol. The molecule has 1 aliphatic heterocycles. The van der Waals surface area contributed by atoms with Crippen LogP contribution in [0.4, 0.5) is 8.78 Å². The highest BCUT2D eigenvalue weighted by atomic mass is 19.2. The van der Waals surface area contributed by atoms with Crippen LogP contribution in [0.3, 0.4) is 0 Å². The highest BCUT2D eigenvalue weighted by Gasteiger charge is 2.27. The molecule has 2 aromatic rings. The zero-order valence-electron chi connectivity index (χ0n) is 15.5. The van der Waals surface area contributed by atoms with Gasteiger partial charge in [0.05, 0.1) is 12.2 Å². The van der Waals surface area contributed by atoms with Crippen LogP contribution in [0.1, 0.15) is 26.3 Å². The van der Waals surface area contributed by atoms with Crippen LogP contribution in [-0.2, 0) is 9.59 Å². The molecule has 0 aliphatic carbocycles. The Bertz CT molecular complexity index is 777. The summed E-state index contributed by atoms with van der Waals surface area (Å²) >= 11 is 0. The summed E-state index contributed by atoms with van der Waals surface area (Å²) in [7, 11) is 0. The van der Waals surface area contributed by atoms with Crippen LogP contribution in [-0.4, -0.2) is 56.0 Å². The van der Waals surface area contributed by atoms with Gasteiger partial charge >= 0.3 is 0 Å². The quantitative estimate of drug-likeness (QED) is 0.621. The van der Waals surface area contributed by atoms with E-state index in [1.54, 1.807) is 12.4 Å². The number of aliphatic hydroxyl groups is 1. The van der Waals surface area contributed by atoms with Crippen molar-refractivity contribution in [3.05, 3.63) is 42.2 Å². The van der Waals surface area contributed by atoms with Crippen molar-refractivity contribution in [2.45, 2.75) is 32.4 Å². The molecule has 1 aromatic heterocycles. The molecule has 154 valence electrons. The molecule has 1 aromatic carbocycles. The number of aliphatic carboxylic acids is 2. The van der Waals surface area contributed by atoms with Crippen molar-refractivity contribution < 1.29 is 33.7 Å². The SMILES string of the molecule is CC(=O)O.CC(=O)O.OC[C@@H]1C[C@H](n2ccnc2-c2cccc(F)c2F)CN1. The smallest absolute Gasteiger partial charge is 0.300 e. The molecule has 4 N–H and O–H groups in total. The van der Waals surface area contributed by atoms with Crippen LogP contribution in [0.5, 0.6) is 0 Å². The van der Waals surface area contributed by atoms with Crippen LogP contribution in [0.25, 0.3) is 11.4 Å². The summed E-state index contributed by atoms with van der Waals surface area (Å²) in [5.41, 5.74) is 0.155. The van der Waals surface area contributed by atoms with E-state index in [0.717, 1.165) is 26.3 Å². The Hall–Kier alpha value is -2.85. The van der Waals surface area contributed by atoms with Crippen molar-refractivity contribution in [3.8, 4) is 11.4 Å². The number of nitrogens with zero attached hydrogens (tertiary/aromatic N) is 2. The third kappa shape index (κ3) is 7.05. The van der Waals surface area contributed by atoms with E-state index in [2.05, 4.69) is 10.3 Å². The van der Waals surface area contributed by atoms with Gasteiger partial charge in [0.1, 0.15) is 5.82 Å². The fourth-order valence-corrected chi connectivity index (χ4v) is 2.64. The first-order chi connectivity index (χ1) is 13.2. The number of imidazole rings is 1. The summed E-state index contributed by atoms with van der Waals surface area (Å²) in [4.78, 5) is 22.1. The maximum Gasteiger partial charge on any atom is 0.300 e. The second-order valence-electron chi connectivity index (χ2n) is 5.97. The Morgan fingerprint density at radius 1 is 1.25 bits per heavy atom. The van der Waals surface area contributed by atoms with Crippen molar-refractivity contribution in [1.82, 2.24) is 14.9 Å². The molecular formula is C18H23F2N3O5. The number of hydrogen-bond acceptors (Lipinski definition) is 5. The van der Waals surface area contributed by atoms with E-state index in [-0.39, 0.29) is 24.3 Å². The van der Waals surface area contributed by atoms with Gasteiger partial charge in [0.15, 0.2) is 11.6 Å². The van der Waals surface area contributed by atoms with Gasteiger partial charge in [-0.25, -0.2) is 13.8 Å². The monoisotopic (exact) mass is 399 g/mol. The summed E-state index contributed by atoms with van der Waals surface area (Å²) in [5.74, 6) is -3.02. The lowest BCUT2D eigenvalue weighted by Crippen LogP contribution is -2.24. The van der Waals surface area contributed by atoms with Gasteiger partial charge in [-0.05, 0) is 18.6 Å². The molecule has 10 heteroatoms. The van der Waals surface area contributed by atoms with Gasteiger partial charge in [-0.2, -0.15) is 0 Å². The highest BCUT2D eigenvalue weighted by Crippen LogP contribution is 2.28. The fourth-order valence-electron chi connectivity index (χ4n) is 2.64. The Morgan fingerprint density at radius 3 is 2.39 bits per heavy atom. The number of halogens is 2. The lowest BCUT2D eigenvalue weighted by Gasteiger charge is -2.15. The van der Waals surface area contributed by atoms with E-state index < -0.39 is 23.6 Å². The second kappa shape index (κ2) is 11.1. The van der Waals surface area contributed by atoms with Crippen molar-refractivity contribution in [1.29, 1.82) is 0 Å². The maximum atomic E-state index is 13.9. The van der Waals surface area contributed by atoms with E-state index in [0.29, 0.717) is 12.4 Å². The summed E-state index contributed by atoms with van der Waals surface area (Å²) in [6, 6.07) is 4.18. The molecule has 2 heterocycles. The topological polar surface area (TPSA) is 125 Å². The predicted molar refractivity (Wildman–Crippen MR) is 96.7 cm³/mol. The zero-order valence-corrected chi connectivity index (χ0v) is 15.5. The van der Waals surface area contributed by atoms with E-state index in [1.807, 2.05) is 4.57 Å². The van der Waals surface area contributed by atoms with Gasteiger partial charge in [0.2, 0.25) is 0 Å². The van der Waals surface area contributed by atoms with Crippen LogP contribution in [0.2, 0.25) is 0 Å². The number of aromatic nitrogens is 2. The molecule has 8 nitrogen and oxygen atoms in total. The van der Waals surface area contributed by atoms with Crippen molar-refractivity contribution >= 4 is 11.9 Å². The van der Waals surface area contributed by atoms with Gasteiger partial charge in [-0.15, -0.1) is 0 Å². The fraction of sp³-hybridized carbons (Fsp3) is 0.389. The number of nitrogens with one attached hydrogen (secondary N) is 1. The molecule has 1 saturated heterocycles. The first-order valence-corrected chi connectivity index (χ1v) is 8.37. The minimum Gasteiger partial charge on any atom is -0.481 e. The number of rotatable bonds is 3. The Labute approximate surface area is 160 Å². The molecule has 0 saturated carbocycles. The van der Waals surface area contributed by atoms with Crippen LogP contribution < -0.4 is 5.32 Å². The van der Waals surface area contributed by atoms with Gasteiger partial charge in [0.25, 0.3) is 11.9 Å². The lowest BCUT2D eigenvalue weighted by molar-refractivity contribution is -0.135.